The second-order valence-electron chi connectivity index (χ2n) is 12.1. The Morgan fingerprint density at radius 1 is 1.10 bits per heavy atom. The van der Waals surface area contributed by atoms with Gasteiger partial charge in [-0.3, -0.25) is 9.59 Å². The maximum atomic E-state index is 13.6. The van der Waals surface area contributed by atoms with Gasteiger partial charge in [0, 0.05) is 36.5 Å². The van der Waals surface area contributed by atoms with Gasteiger partial charge in [-0.25, -0.2) is 13.2 Å². The summed E-state index contributed by atoms with van der Waals surface area (Å²) in [6, 6.07) is 5.93. The van der Waals surface area contributed by atoms with Crippen molar-refractivity contribution in [1.29, 1.82) is 0 Å². The van der Waals surface area contributed by atoms with Crippen molar-refractivity contribution in [2.45, 2.75) is 70.9 Å². The number of hydrogen-bond acceptors (Lipinski definition) is 7. The van der Waals surface area contributed by atoms with Gasteiger partial charge in [-0.1, -0.05) is 20.8 Å². The number of thiophene rings is 1. The van der Waals surface area contributed by atoms with Crippen molar-refractivity contribution in [1.82, 2.24) is 9.21 Å². The second kappa shape index (κ2) is 9.71. The molecule has 2 aliphatic heterocycles. The van der Waals surface area contributed by atoms with Gasteiger partial charge in [0.1, 0.15) is 5.00 Å². The third-order valence-corrected chi connectivity index (χ3v) is 11.3. The number of ether oxygens (including phenoxy) is 1. The fourth-order valence-electron chi connectivity index (χ4n) is 6.86. The number of nitrogens with zero attached hydrogens (tertiary/aromatic N) is 2. The molecule has 0 spiro atoms. The number of hydrogen-bond donors (Lipinski definition) is 1. The van der Waals surface area contributed by atoms with E-state index >= 15 is 0 Å². The summed E-state index contributed by atoms with van der Waals surface area (Å²) in [4.78, 5) is 40.3. The molecule has 2 amide bonds. The van der Waals surface area contributed by atoms with Crippen LogP contribution in [0.4, 0.5) is 5.00 Å². The normalized spacial score (nSPS) is 24.2. The highest BCUT2D eigenvalue weighted by atomic mass is 32.2. The van der Waals surface area contributed by atoms with Crippen LogP contribution in [0.15, 0.2) is 29.2 Å². The van der Waals surface area contributed by atoms with Crippen molar-refractivity contribution < 1.29 is 27.5 Å². The van der Waals surface area contributed by atoms with Crippen LogP contribution in [0.3, 0.4) is 0 Å². The lowest BCUT2D eigenvalue weighted by Gasteiger charge is -2.39. The summed E-state index contributed by atoms with van der Waals surface area (Å²) in [6.45, 7) is 9.45. The van der Waals surface area contributed by atoms with Crippen molar-refractivity contribution in [2.24, 2.45) is 10.8 Å². The highest BCUT2D eigenvalue weighted by Crippen LogP contribution is 2.53. The zero-order chi connectivity index (χ0) is 28.3. The van der Waals surface area contributed by atoms with Gasteiger partial charge in [0.05, 0.1) is 24.1 Å². The fourth-order valence-corrected chi connectivity index (χ4v) is 9.88. The number of fused-ring (bicyclic) bond motifs is 3. The maximum Gasteiger partial charge on any atom is 0.341 e. The predicted molar refractivity (Wildman–Crippen MR) is 148 cm³/mol. The highest BCUT2D eigenvalue weighted by Gasteiger charge is 2.53. The number of benzene rings is 1. The standard InChI is InChI=1S/C28H35N3O6S2/c1-17(32)30-11-10-21-22(14-30)38-25(23(21)26(34)37-5)29-24(33)18-6-8-20(9-7-18)39(35,36)31-16-28(4)13-19(31)12-27(2,3)15-28/h6-9,19H,10-16H2,1-5H3,(H,29,33). The van der Waals surface area contributed by atoms with Crippen LogP contribution in [0, 0.1) is 10.8 Å². The van der Waals surface area contributed by atoms with E-state index in [0.29, 0.717) is 36.6 Å². The van der Waals surface area contributed by atoms with Crippen LogP contribution in [0.1, 0.15) is 78.1 Å². The Bertz CT molecular complexity index is 1450. The van der Waals surface area contributed by atoms with Gasteiger partial charge in [0.25, 0.3) is 5.91 Å². The van der Waals surface area contributed by atoms with Crippen LogP contribution < -0.4 is 5.32 Å². The Morgan fingerprint density at radius 2 is 1.79 bits per heavy atom. The Morgan fingerprint density at radius 3 is 2.44 bits per heavy atom. The molecule has 1 aromatic carbocycles. The highest BCUT2D eigenvalue weighted by molar-refractivity contribution is 7.89. The number of amides is 2. The Labute approximate surface area is 233 Å². The van der Waals surface area contributed by atoms with Crippen molar-refractivity contribution in [3.63, 3.8) is 0 Å². The minimum atomic E-state index is -3.71. The molecule has 2 atom stereocenters. The summed E-state index contributed by atoms with van der Waals surface area (Å²) < 4.78 is 33.8. The molecule has 0 radical (unpaired) electrons. The van der Waals surface area contributed by atoms with Gasteiger partial charge in [-0.15, -0.1) is 11.3 Å². The molecule has 1 N–H and O–H groups in total. The van der Waals surface area contributed by atoms with Crippen LogP contribution in [-0.4, -0.2) is 61.6 Å². The van der Waals surface area contributed by atoms with Crippen molar-refractivity contribution >= 4 is 44.1 Å². The molecule has 210 valence electrons. The third-order valence-electron chi connectivity index (χ3n) is 8.21. The van der Waals surface area contributed by atoms with Gasteiger partial charge in [0.15, 0.2) is 0 Å². The monoisotopic (exact) mass is 573 g/mol. The van der Waals surface area contributed by atoms with Gasteiger partial charge in [-0.2, -0.15) is 4.31 Å². The van der Waals surface area contributed by atoms with Crippen molar-refractivity contribution in [3.05, 3.63) is 45.8 Å². The van der Waals surface area contributed by atoms with E-state index in [1.807, 2.05) is 0 Å². The molecule has 3 aliphatic rings. The fraction of sp³-hybridized carbons (Fsp3) is 0.536. The molecule has 11 heteroatoms. The zero-order valence-corrected chi connectivity index (χ0v) is 24.6. The largest absolute Gasteiger partial charge is 0.465 e. The Balaban J connectivity index is 1.36. The van der Waals surface area contributed by atoms with Crippen LogP contribution in [0.25, 0.3) is 0 Å². The molecule has 2 aromatic rings. The first-order valence-electron chi connectivity index (χ1n) is 13.1. The predicted octanol–water partition coefficient (Wildman–Crippen LogP) is 4.28. The summed E-state index contributed by atoms with van der Waals surface area (Å²) in [5.74, 6) is -1.06. The average Bonchev–Trinajstić information content (AvgIpc) is 3.35. The van der Waals surface area contributed by atoms with Gasteiger partial charge >= 0.3 is 5.97 Å². The smallest absolute Gasteiger partial charge is 0.341 e. The van der Waals surface area contributed by atoms with Gasteiger partial charge in [-0.05, 0) is 66.3 Å². The Kier molecular flexibility index (Phi) is 6.92. The summed E-state index contributed by atoms with van der Waals surface area (Å²) in [6.07, 6.45) is 3.19. The molecule has 2 unspecified atom stereocenters. The molecular formula is C28H35N3O6S2. The molecule has 3 heterocycles. The lowest BCUT2D eigenvalue weighted by molar-refractivity contribution is -0.129. The number of esters is 1. The minimum Gasteiger partial charge on any atom is -0.465 e. The van der Waals surface area contributed by atoms with Crippen molar-refractivity contribution in [2.75, 3.05) is 25.5 Å². The Hall–Kier alpha value is -2.76. The number of nitrogens with one attached hydrogen (secondary N) is 1. The lowest BCUT2D eigenvalue weighted by Crippen LogP contribution is -2.37. The molecule has 1 saturated heterocycles. The SMILES string of the molecule is COC(=O)c1c(NC(=O)c2ccc(S(=O)(=O)N3CC4(C)CC3CC(C)(C)C4)cc2)sc2c1CCN(C(C)=O)C2. The number of methoxy groups -OCH3 is 1. The molecule has 39 heavy (non-hydrogen) atoms. The molecule has 9 nitrogen and oxygen atoms in total. The third kappa shape index (κ3) is 5.12. The first kappa shape index (κ1) is 27.8. The number of carbonyl (C=O) groups is 3. The number of carbonyl (C=O) groups excluding carboxylic acids is 3. The van der Waals surface area contributed by atoms with Crippen molar-refractivity contribution in [3.8, 4) is 0 Å². The van der Waals surface area contributed by atoms with E-state index in [9.17, 15) is 22.8 Å². The molecule has 1 aliphatic carbocycles. The van der Waals surface area contributed by atoms with E-state index in [1.165, 1.54) is 49.6 Å². The van der Waals surface area contributed by atoms with Crippen LogP contribution in [0.5, 0.6) is 0 Å². The zero-order valence-electron chi connectivity index (χ0n) is 23.0. The van der Waals surface area contributed by atoms with E-state index in [1.54, 1.807) is 9.21 Å². The average molecular weight is 574 g/mol. The van der Waals surface area contributed by atoms with Crippen LogP contribution >= 0.6 is 11.3 Å². The van der Waals surface area contributed by atoms with E-state index in [-0.39, 0.29) is 33.2 Å². The van der Waals surface area contributed by atoms with E-state index < -0.39 is 21.9 Å². The summed E-state index contributed by atoms with van der Waals surface area (Å²) in [5, 5.41) is 3.18. The molecule has 1 saturated carbocycles. The summed E-state index contributed by atoms with van der Waals surface area (Å²) >= 11 is 1.25. The number of sulfonamides is 1. The first-order chi connectivity index (χ1) is 18.2. The maximum absolute atomic E-state index is 13.6. The van der Waals surface area contributed by atoms with Crippen LogP contribution in [0.2, 0.25) is 0 Å². The number of rotatable bonds is 5. The minimum absolute atomic E-state index is 0.0211. The molecular weight excluding hydrogens is 538 g/mol. The number of anilines is 1. The van der Waals surface area contributed by atoms with Gasteiger partial charge < -0.3 is 15.0 Å². The summed E-state index contributed by atoms with van der Waals surface area (Å²) in [7, 11) is -2.42. The summed E-state index contributed by atoms with van der Waals surface area (Å²) in [5.41, 5.74) is 1.43. The van der Waals surface area contributed by atoms with Gasteiger partial charge in [0.2, 0.25) is 15.9 Å². The lowest BCUT2D eigenvalue weighted by atomic mass is 9.65. The molecule has 2 fully saturated rings. The second-order valence-corrected chi connectivity index (χ2v) is 15.1. The molecule has 5 rings (SSSR count). The van der Waals surface area contributed by atoms with E-state index in [2.05, 4.69) is 26.1 Å². The quantitative estimate of drug-likeness (QED) is 0.535. The van der Waals surface area contributed by atoms with Crippen LogP contribution in [-0.2, 0) is 32.5 Å². The molecule has 1 aromatic heterocycles. The van der Waals surface area contributed by atoms with E-state index in [0.717, 1.165) is 29.7 Å². The molecule has 2 bridgehead atoms. The first-order valence-corrected chi connectivity index (χ1v) is 15.4. The topological polar surface area (TPSA) is 113 Å². The van der Waals surface area contributed by atoms with E-state index in [4.69, 9.17) is 4.74 Å².